The van der Waals surface area contributed by atoms with Gasteiger partial charge in [-0.1, -0.05) is 36.4 Å². The van der Waals surface area contributed by atoms with Gasteiger partial charge >= 0.3 is 0 Å². The summed E-state index contributed by atoms with van der Waals surface area (Å²) < 4.78 is 39.9. The second-order valence-corrected chi connectivity index (χ2v) is 8.06. The highest BCUT2D eigenvalue weighted by Gasteiger charge is 2.23. The Morgan fingerprint density at radius 1 is 0.920 bits per heavy atom. The molecule has 0 amide bonds. The maximum atomic E-state index is 12.9. The first kappa shape index (κ1) is 16.2. The van der Waals surface area contributed by atoms with Crippen molar-refractivity contribution in [2.24, 2.45) is 0 Å². The average molecular weight is 420 g/mol. The first-order chi connectivity index (χ1) is 12.0. The highest BCUT2D eigenvalue weighted by atomic mass is 79.9. The molecule has 3 aromatic carbocycles. The quantitative estimate of drug-likeness (QED) is 0.691. The van der Waals surface area contributed by atoms with Gasteiger partial charge in [0.2, 0.25) is 0 Å². The van der Waals surface area contributed by atoms with Crippen LogP contribution in [0.15, 0.2) is 64.0 Å². The summed E-state index contributed by atoms with van der Waals surface area (Å²) >= 11 is 3.32. The minimum atomic E-state index is -3.80. The predicted molar refractivity (Wildman–Crippen MR) is 99.9 cm³/mol. The topological polar surface area (TPSA) is 64.6 Å². The zero-order valence-corrected chi connectivity index (χ0v) is 15.4. The number of anilines is 1. The fourth-order valence-electron chi connectivity index (χ4n) is 2.77. The third-order valence-electron chi connectivity index (χ3n) is 3.92. The van der Waals surface area contributed by atoms with Crippen molar-refractivity contribution >= 4 is 42.4 Å². The smallest absolute Gasteiger partial charge is 0.263 e. The number of fused-ring (bicyclic) bond motifs is 2. The molecule has 7 heteroatoms. The van der Waals surface area contributed by atoms with E-state index in [4.69, 9.17) is 9.47 Å². The summed E-state index contributed by atoms with van der Waals surface area (Å²) in [6, 6.07) is 16.2. The molecule has 25 heavy (non-hydrogen) atoms. The molecule has 0 spiro atoms. The monoisotopic (exact) mass is 419 g/mol. The number of rotatable bonds is 3. The lowest BCUT2D eigenvalue weighted by Gasteiger charge is -2.20. The van der Waals surface area contributed by atoms with E-state index in [9.17, 15) is 8.42 Å². The van der Waals surface area contributed by atoms with Gasteiger partial charge in [0.1, 0.15) is 18.1 Å². The molecule has 0 unspecified atom stereocenters. The molecule has 0 radical (unpaired) electrons. The number of hydrogen-bond donors (Lipinski definition) is 1. The average Bonchev–Trinajstić information content (AvgIpc) is 2.61. The largest absolute Gasteiger partial charge is 0.486 e. The summed E-state index contributed by atoms with van der Waals surface area (Å²) in [7, 11) is -3.80. The maximum absolute atomic E-state index is 12.9. The molecule has 1 aliphatic heterocycles. The highest BCUT2D eigenvalue weighted by Crippen LogP contribution is 2.38. The van der Waals surface area contributed by atoms with E-state index in [1.165, 1.54) is 6.07 Å². The molecular weight excluding hydrogens is 406 g/mol. The number of halogens is 1. The summed E-state index contributed by atoms with van der Waals surface area (Å²) in [5.41, 5.74) is 0.528. The van der Waals surface area contributed by atoms with Crippen LogP contribution in [-0.4, -0.2) is 21.6 Å². The van der Waals surface area contributed by atoms with Crippen molar-refractivity contribution in [3.8, 4) is 11.5 Å². The Morgan fingerprint density at radius 3 is 2.40 bits per heavy atom. The van der Waals surface area contributed by atoms with Crippen molar-refractivity contribution in [2.75, 3.05) is 17.9 Å². The molecule has 1 aliphatic rings. The minimum absolute atomic E-state index is 0.102. The number of ether oxygens (including phenoxy) is 2. The lowest BCUT2D eigenvalue weighted by atomic mass is 10.1. The summed E-state index contributed by atoms with van der Waals surface area (Å²) in [5.74, 6) is 0.954. The summed E-state index contributed by atoms with van der Waals surface area (Å²) in [5, 5.41) is 1.80. The fourth-order valence-corrected chi connectivity index (χ4v) is 4.88. The van der Waals surface area contributed by atoms with Crippen LogP contribution in [0, 0.1) is 0 Å². The van der Waals surface area contributed by atoms with Crippen LogP contribution in [-0.2, 0) is 10.0 Å². The van der Waals surface area contributed by atoms with Crippen molar-refractivity contribution in [1.82, 2.24) is 0 Å². The van der Waals surface area contributed by atoms with Crippen LogP contribution >= 0.6 is 15.9 Å². The Labute approximate surface area is 153 Å². The van der Waals surface area contributed by atoms with Gasteiger partial charge in [0.25, 0.3) is 10.0 Å². The summed E-state index contributed by atoms with van der Waals surface area (Å²) in [6.45, 7) is 0.838. The Balaban J connectivity index is 1.77. The van der Waals surface area contributed by atoms with Crippen LogP contribution < -0.4 is 14.2 Å². The van der Waals surface area contributed by atoms with E-state index in [1.54, 1.807) is 12.1 Å². The third-order valence-corrected chi connectivity index (χ3v) is 6.24. The number of hydrogen-bond acceptors (Lipinski definition) is 4. The van der Waals surface area contributed by atoms with E-state index >= 15 is 0 Å². The first-order valence-corrected chi connectivity index (χ1v) is 9.92. The van der Waals surface area contributed by atoms with Crippen molar-refractivity contribution in [1.29, 1.82) is 0 Å². The third kappa shape index (κ3) is 3.05. The Kier molecular flexibility index (Phi) is 4.05. The molecule has 128 valence electrons. The lowest BCUT2D eigenvalue weighted by molar-refractivity contribution is 0.171. The van der Waals surface area contributed by atoms with Gasteiger partial charge in [-0.3, -0.25) is 4.72 Å². The molecule has 0 aliphatic carbocycles. The van der Waals surface area contributed by atoms with E-state index in [1.807, 2.05) is 36.4 Å². The van der Waals surface area contributed by atoms with Gasteiger partial charge in [0, 0.05) is 15.9 Å². The molecule has 0 aromatic heterocycles. The van der Waals surface area contributed by atoms with E-state index in [0.29, 0.717) is 34.9 Å². The molecule has 3 aromatic rings. The van der Waals surface area contributed by atoms with Crippen LogP contribution in [0.5, 0.6) is 11.5 Å². The standard InChI is InChI=1S/C18H14BrNO4S/c19-14-10-16-17(24-9-8-23-16)11-18(14)25(21,22)20-15-7-3-5-12-4-1-2-6-13(12)15/h1-7,10-11,20H,8-9H2. The van der Waals surface area contributed by atoms with E-state index < -0.39 is 10.0 Å². The maximum Gasteiger partial charge on any atom is 0.263 e. The van der Waals surface area contributed by atoms with Gasteiger partial charge in [-0.15, -0.1) is 0 Å². The minimum Gasteiger partial charge on any atom is -0.486 e. The van der Waals surface area contributed by atoms with Gasteiger partial charge in [-0.2, -0.15) is 0 Å². The molecule has 1 N–H and O–H groups in total. The fraction of sp³-hybridized carbons (Fsp3) is 0.111. The lowest BCUT2D eigenvalue weighted by Crippen LogP contribution is -2.18. The number of nitrogens with one attached hydrogen (secondary N) is 1. The zero-order valence-electron chi connectivity index (χ0n) is 13.0. The predicted octanol–water partition coefficient (Wildman–Crippen LogP) is 4.17. The van der Waals surface area contributed by atoms with Gasteiger partial charge < -0.3 is 9.47 Å². The highest BCUT2D eigenvalue weighted by molar-refractivity contribution is 9.10. The normalized spacial score (nSPS) is 13.6. The van der Waals surface area contributed by atoms with Gasteiger partial charge in [-0.25, -0.2) is 8.42 Å². The molecular formula is C18H14BrNO4S. The molecule has 0 saturated heterocycles. The molecule has 0 saturated carbocycles. The van der Waals surface area contributed by atoms with Gasteiger partial charge in [0.05, 0.1) is 5.69 Å². The van der Waals surface area contributed by atoms with E-state index in [0.717, 1.165) is 10.8 Å². The van der Waals surface area contributed by atoms with Crippen molar-refractivity contribution < 1.29 is 17.9 Å². The summed E-state index contributed by atoms with van der Waals surface area (Å²) in [4.78, 5) is 0.102. The second-order valence-electron chi connectivity index (χ2n) is 5.56. The molecule has 0 fully saturated rings. The van der Waals surface area contributed by atoms with Crippen molar-refractivity contribution in [3.05, 3.63) is 59.1 Å². The Bertz CT molecular complexity index is 1060. The summed E-state index contributed by atoms with van der Waals surface area (Å²) in [6.07, 6.45) is 0. The van der Waals surface area contributed by atoms with Crippen molar-refractivity contribution in [3.63, 3.8) is 0 Å². The van der Waals surface area contributed by atoms with E-state index in [-0.39, 0.29) is 4.90 Å². The zero-order chi connectivity index (χ0) is 17.4. The molecule has 1 heterocycles. The van der Waals surface area contributed by atoms with Crippen LogP contribution in [0.2, 0.25) is 0 Å². The molecule has 0 atom stereocenters. The van der Waals surface area contributed by atoms with Gasteiger partial charge in [-0.05, 0) is 33.4 Å². The molecule has 5 nitrogen and oxygen atoms in total. The number of sulfonamides is 1. The van der Waals surface area contributed by atoms with E-state index in [2.05, 4.69) is 20.7 Å². The van der Waals surface area contributed by atoms with Crippen molar-refractivity contribution in [2.45, 2.75) is 4.90 Å². The van der Waals surface area contributed by atoms with Crippen LogP contribution in [0.25, 0.3) is 10.8 Å². The van der Waals surface area contributed by atoms with Crippen LogP contribution in [0.4, 0.5) is 5.69 Å². The van der Waals surface area contributed by atoms with Crippen LogP contribution in [0.3, 0.4) is 0 Å². The second kappa shape index (κ2) is 6.24. The number of benzene rings is 3. The Hall–Kier alpha value is -2.25. The molecule has 0 bridgehead atoms. The first-order valence-electron chi connectivity index (χ1n) is 7.64. The SMILES string of the molecule is O=S(=O)(Nc1cccc2ccccc12)c1cc2c(cc1Br)OCCO2. The molecule has 4 rings (SSSR count). The van der Waals surface area contributed by atoms with Crippen LogP contribution in [0.1, 0.15) is 0 Å². The Morgan fingerprint density at radius 2 is 1.60 bits per heavy atom. The van der Waals surface area contributed by atoms with Gasteiger partial charge in [0.15, 0.2) is 11.5 Å².